The summed E-state index contributed by atoms with van der Waals surface area (Å²) in [6.45, 7) is 2.70. The first-order valence-corrected chi connectivity index (χ1v) is 10.7. The lowest BCUT2D eigenvalue weighted by Gasteiger charge is -2.30. The molecule has 1 aliphatic heterocycles. The quantitative estimate of drug-likeness (QED) is 0.502. The summed E-state index contributed by atoms with van der Waals surface area (Å²) in [6.07, 6.45) is 1.33. The normalized spacial score (nSPS) is 15.4. The molecular weight excluding hydrogens is 413 g/mol. The second kappa shape index (κ2) is 8.58. The second-order valence-corrected chi connectivity index (χ2v) is 8.07. The summed E-state index contributed by atoms with van der Waals surface area (Å²) in [5.74, 6) is 0.448. The predicted molar refractivity (Wildman–Crippen MR) is 118 cm³/mol. The zero-order valence-electron chi connectivity index (χ0n) is 17.8. The lowest BCUT2D eigenvalue weighted by Crippen LogP contribution is -2.36. The van der Waals surface area contributed by atoms with Gasteiger partial charge >= 0.3 is 6.09 Å². The van der Waals surface area contributed by atoms with Crippen molar-refractivity contribution in [3.8, 4) is 0 Å². The molecule has 0 radical (unpaired) electrons. The van der Waals surface area contributed by atoms with Gasteiger partial charge in [-0.15, -0.1) is 0 Å². The third kappa shape index (κ3) is 4.03. The lowest BCUT2D eigenvalue weighted by molar-refractivity contribution is 0.127. The van der Waals surface area contributed by atoms with Gasteiger partial charge in [0.25, 0.3) is 0 Å². The van der Waals surface area contributed by atoms with Crippen LogP contribution in [-0.4, -0.2) is 52.2 Å². The summed E-state index contributed by atoms with van der Waals surface area (Å²) < 4.78 is 25.8. The first-order chi connectivity index (χ1) is 15.6. The van der Waals surface area contributed by atoms with Crippen LogP contribution in [0, 0.1) is 5.82 Å². The Kier molecular flexibility index (Phi) is 5.48. The molecule has 0 aliphatic carbocycles. The largest absolute Gasteiger partial charge is 0.448 e. The Morgan fingerprint density at radius 2 is 2.03 bits per heavy atom. The van der Waals surface area contributed by atoms with Crippen LogP contribution in [-0.2, 0) is 11.8 Å². The van der Waals surface area contributed by atoms with Gasteiger partial charge in [-0.3, -0.25) is 14.9 Å². The summed E-state index contributed by atoms with van der Waals surface area (Å²) in [4.78, 5) is 14.5. The van der Waals surface area contributed by atoms with Crippen LogP contribution in [0.2, 0.25) is 0 Å². The number of halogens is 1. The Bertz CT molecular complexity index is 1260. The Morgan fingerprint density at radius 3 is 2.88 bits per heavy atom. The number of anilines is 1. The van der Waals surface area contributed by atoms with E-state index >= 15 is 0 Å². The highest BCUT2D eigenvalue weighted by Gasteiger charge is 2.25. The number of likely N-dealkylation sites (tertiary alicyclic amines) is 1. The number of benzene rings is 2. The van der Waals surface area contributed by atoms with Crippen molar-refractivity contribution >= 4 is 33.8 Å². The molecule has 2 aromatic carbocycles. The molecule has 5 rings (SSSR count). The number of nitrogens with one attached hydrogen (secondary N) is 1. The Labute approximate surface area is 183 Å². The number of amides is 1. The van der Waals surface area contributed by atoms with Crippen molar-refractivity contribution in [1.82, 2.24) is 19.8 Å². The van der Waals surface area contributed by atoms with Crippen molar-refractivity contribution in [1.29, 1.82) is 0 Å². The van der Waals surface area contributed by atoms with Crippen LogP contribution in [0.25, 0.3) is 21.9 Å². The number of piperidine rings is 1. The molecule has 1 amide bonds. The molecule has 4 aromatic rings. The fourth-order valence-electron chi connectivity index (χ4n) is 4.36. The highest BCUT2D eigenvalue weighted by molar-refractivity contribution is 5.97. The average molecular weight is 437 g/mol. The number of aryl methyl sites for hydroxylation is 1. The van der Waals surface area contributed by atoms with Gasteiger partial charge in [0.05, 0.1) is 11.2 Å². The van der Waals surface area contributed by atoms with Crippen LogP contribution in [0.3, 0.4) is 0 Å². The third-order valence-electron chi connectivity index (χ3n) is 6.06. The van der Waals surface area contributed by atoms with Crippen molar-refractivity contribution in [2.45, 2.75) is 18.8 Å². The van der Waals surface area contributed by atoms with Crippen LogP contribution in [0.1, 0.15) is 24.5 Å². The van der Waals surface area contributed by atoms with Gasteiger partial charge in [-0.2, -0.15) is 5.10 Å². The number of hydrogen-bond donors (Lipinski definition) is 1. The Hall–Kier alpha value is -3.46. The van der Waals surface area contributed by atoms with Gasteiger partial charge in [-0.25, -0.2) is 9.18 Å². The van der Waals surface area contributed by atoms with E-state index in [4.69, 9.17) is 9.26 Å². The van der Waals surface area contributed by atoms with E-state index in [2.05, 4.69) is 20.5 Å². The summed E-state index contributed by atoms with van der Waals surface area (Å²) in [5.41, 5.74) is 2.33. The monoisotopic (exact) mass is 437 g/mol. The van der Waals surface area contributed by atoms with E-state index in [1.54, 1.807) is 10.7 Å². The number of para-hydroxylation sites is 1. The molecule has 0 bridgehead atoms. The van der Waals surface area contributed by atoms with Crippen molar-refractivity contribution in [2.24, 2.45) is 7.05 Å². The zero-order valence-corrected chi connectivity index (χ0v) is 17.8. The summed E-state index contributed by atoms with van der Waals surface area (Å²) in [7, 11) is 1.84. The van der Waals surface area contributed by atoms with Gasteiger partial charge in [0.15, 0.2) is 11.4 Å². The van der Waals surface area contributed by atoms with E-state index in [1.165, 1.54) is 12.1 Å². The van der Waals surface area contributed by atoms with Gasteiger partial charge in [0, 0.05) is 36.3 Å². The number of carbonyl (C=O) groups excluding carboxylic acids is 1. The van der Waals surface area contributed by atoms with Crippen LogP contribution < -0.4 is 5.32 Å². The van der Waals surface area contributed by atoms with Gasteiger partial charge in [-0.1, -0.05) is 17.3 Å². The van der Waals surface area contributed by atoms with Crippen LogP contribution in [0.15, 0.2) is 47.0 Å². The summed E-state index contributed by atoms with van der Waals surface area (Å²) in [5, 5.41) is 13.0. The molecule has 32 heavy (non-hydrogen) atoms. The van der Waals surface area contributed by atoms with Gasteiger partial charge < -0.3 is 9.26 Å². The van der Waals surface area contributed by atoms with E-state index in [9.17, 15) is 9.18 Å². The minimum Gasteiger partial charge on any atom is -0.448 e. The molecule has 0 unspecified atom stereocenters. The summed E-state index contributed by atoms with van der Waals surface area (Å²) >= 11 is 0. The van der Waals surface area contributed by atoms with Gasteiger partial charge in [0.2, 0.25) is 0 Å². The highest BCUT2D eigenvalue weighted by Crippen LogP contribution is 2.32. The molecule has 8 nitrogen and oxygen atoms in total. The van der Waals surface area contributed by atoms with E-state index in [0.29, 0.717) is 24.6 Å². The number of carbonyl (C=O) groups is 1. The third-order valence-corrected chi connectivity index (χ3v) is 6.06. The zero-order chi connectivity index (χ0) is 22.1. The molecule has 1 aliphatic rings. The van der Waals surface area contributed by atoms with Crippen molar-refractivity contribution in [2.75, 3.05) is 31.6 Å². The Balaban J connectivity index is 1.10. The van der Waals surface area contributed by atoms with E-state index in [-0.39, 0.29) is 11.7 Å². The molecule has 3 heterocycles. The van der Waals surface area contributed by atoms with E-state index in [0.717, 1.165) is 47.9 Å². The second-order valence-electron chi connectivity index (χ2n) is 8.07. The molecule has 0 atom stereocenters. The average Bonchev–Trinajstić information content (AvgIpc) is 3.35. The van der Waals surface area contributed by atoms with Crippen LogP contribution in [0.4, 0.5) is 15.0 Å². The number of ether oxygens (including phenoxy) is 1. The maximum Gasteiger partial charge on any atom is 0.412 e. The number of fused-ring (bicyclic) bond motifs is 2. The maximum absolute atomic E-state index is 13.4. The number of aromatic nitrogens is 3. The maximum atomic E-state index is 13.4. The molecular formula is C23H24FN5O3. The van der Waals surface area contributed by atoms with Crippen LogP contribution >= 0.6 is 0 Å². The molecule has 0 saturated carbocycles. The molecule has 1 N–H and O–H groups in total. The standard InChI is InChI=1S/C23H24FN5O3/c1-28-19-5-3-2-4-17(19)22(26-28)25-23(30)31-13-12-29-10-8-15(9-11-29)21-18-7-6-16(24)14-20(18)32-27-21/h2-7,14-15H,8-13H2,1H3,(H,25,26,30). The molecule has 1 saturated heterocycles. The fraction of sp³-hybridized carbons (Fsp3) is 0.348. The van der Waals surface area contributed by atoms with E-state index < -0.39 is 6.09 Å². The first-order valence-electron chi connectivity index (χ1n) is 10.7. The Morgan fingerprint density at radius 1 is 1.22 bits per heavy atom. The number of rotatable bonds is 5. The van der Waals surface area contributed by atoms with Gasteiger partial charge in [0.1, 0.15) is 12.4 Å². The molecule has 2 aromatic heterocycles. The fourth-order valence-corrected chi connectivity index (χ4v) is 4.36. The van der Waals surface area contributed by atoms with Crippen LogP contribution in [0.5, 0.6) is 0 Å². The predicted octanol–water partition coefficient (Wildman–Crippen LogP) is 4.28. The summed E-state index contributed by atoms with van der Waals surface area (Å²) in [6, 6.07) is 12.2. The smallest absolute Gasteiger partial charge is 0.412 e. The topological polar surface area (TPSA) is 85.4 Å². The molecule has 9 heteroatoms. The molecule has 166 valence electrons. The number of nitrogens with zero attached hydrogens (tertiary/aromatic N) is 4. The molecule has 0 spiro atoms. The van der Waals surface area contributed by atoms with Crippen molar-refractivity contribution in [3.05, 3.63) is 54.0 Å². The molecule has 1 fully saturated rings. The van der Waals surface area contributed by atoms with Crippen molar-refractivity contribution in [3.63, 3.8) is 0 Å². The number of hydrogen-bond acceptors (Lipinski definition) is 6. The lowest BCUT2D eigenvalue weighted by atomic mass is 9.91. The minimum absolute atomic E-state index is 0.277. The first kappa shape index (κ1) is 20.4. The highest BCUT2D eigenvalue weighted by atomic mass is 19.1. The SMILES string of the molecule is Cn1nc(NC(=O)OCCN2CCC(c3noc4cc(F)ccc34)CC2)c2ccccc21. The van der Waals surface area contributed by atoms with E-state index in [1.807, 2.05) is 31.3 Å². The van der Waals surface area contributed by atoms with Gasteiger partial charge in [-0.05, 0) is 50.2 Å². The minimum atomic E-state index is -0.509. The van der Waals surface area contributed by atoms with Crippen molar-refractivity contribution < 1.29 is 18.4 Å².